The fourth-order valence-electron chi connectivity index (χ4n) is 1.96. The van der Waals surface area contributed by atoms with Crippen LogP contribution in [0, 0.1) is 0 Å². The van der Waals surface area contributed by atoms with Crippen LogP contribution in [0.15, 0.2) is 28.7 Å². The van der Waals surface area contributed by atoms with Gasteiger partial charge < -0.3 is 0 Å². The van der Waals surface area contributed by atoms with E-state index in [1.807, 2.05) is 18.2 Å². The minimum atomic E-state index is -2.44. The van der Waals surface area contributed by atoms with Crippen molar-refractivity contribution in [2.45, 2.75) is 18.8 Å². The zero-order valence-electron chi connectivity index (χ0n) is 8.93. The average Bonchev–Trinajstić information content (AvgIpc) is 2.18. The Morgan fingerprint density at radius 3 is 2.56 bits per heavy atom. The van der Waals surface area contributed by atoms with Crippen molar-refractivity contribution in [2.24, 2.45) is 0 Å². The predicted octanol–water partition coefficient (Wildman–Crippen LogP) is 3.33. The van der Waals surface area contributed by atoms with Gasteiger partial charge in [-0.3, -0.25) is 4.90 Å². The normalized spacial score (nSPS) is 19.4. The van der Waals surface area contributed by atoms with Gasteiger partial charge in [0.25, 0.3) is 5.92 Å². The molecule has 16 heavy (non-hydrogen) atoms. The maximum atomic E-state index is 12.6. The molecule has 2 rings (SSSR count). The standard InChI is InChI=1S/C12H14BrF2N/c13-11-6-2-1-4-10(11)5-3-7-16-8-12(14,15)9-16/h1-2,4,6H,3,5,7-9H2. The highest BCUT2D eigenvalue weighted by Crippen LogP contribution is 2.26. The third-order valence-corrected chi connectivity index (χ3v) is 3.56. The maximum Gasteiger partial charge on any atom is 0.272 e. The Labute approximate surface area is 103 Å². The van der Waals surface area contributed by atoms with Crippen molar-refractivity contribution >= 4 is 15.9 Å². The Balaban J connectivity index is 1.71. The highest BCUT2D eigenvalue weighted by molar-refractivity contribution is 9.10. The van der Waals surface area contributed by atoms with Crippen LogP contribution in [0.3, 0.4) is 0 Å². The first kappa shape index (κ1) is 12.0. The van der Waals surface area contributed by atoms with Crippen molar-refractivity contribution in [1.29, 1.82) is 0 Å². The molecule has 0 saturated carbocycles. The molecule has 88 valence electrons. The minimum Gasteiger partial charge on any atom is -0.291 e. The first-order chi connectivity index (χ1) is 7.57. The van der Waals surface area contributed by atoms with E-state index >= 15 is 0 Å². The van der Waals surface area contributed by atoms with Crippen LogP contribution in [-0.2, 0) is 6.42 Å². The first-order valence-electron chi connectivity index (χ1n) is 5.40. The van der Waals surface area contributed by atoms with Gasteiger partial charge in [-0.1, -0.05) is 34.1 Å². The fourth-order valence-corrected chi connectivity index (χ4v) is 2.44. The van der Waals surface area contributed by atoms with E-state index in [4.69, 9.17) is 0 Å². The van der Waals surface area contributed by atoms with E-state index in [2.05, 4.69) is 22.0 Å². The molecule has 0 unspecified atom stereocenters. The fraction of sp³-hybridized carbons (Fsp3) is 0.500. The molecule has 0 amide bonds. The summed E-state index contributed by atoms with van der Waals surface area (Å²) >= 11 is 3.48. The van der Waals surface area contributed by atoms with Crippen LogP contribution < -0.4 is 0 Å². The molecule has 1 aliphatic heterocycles. The molecular weight excluding hydrogens is 276 g/mol. The lowest BCUT2D eigenvalue weighted by molar-refractivity contribution is -0.130. The van der Waals surface area contributed by atoms with Gasteiger partial charge in [0.1, 0.15) is 0 Å². The molecule has 1 saturated heterocycles. The average molecular weight is 290 g/mol. The highest BCUT2D eigenvalue weighted by Gasteiger charge is 2.42. The molecule has 1 aromatic carbocycles. The number of likely N-dealkylation sites (tertiary alicyclic amines) is 1. The van der Waals surface area contributed by atoms with Crippen molar-refractivity contribution in [1.82, 2.24) is 4.90 Å². The van der Waals surface area contributed by atoms with Crippen molar-refractivity contribution < 1.29 is 8.78 Å². The number of aryl methyl sites for hydroxylation is 1. The quantitative estimate of drug-likeness (QED) is 0.822. The summed E-state index contributed by atoms with van der Waals surface area (Å²) in [5.74, 6) is -2.44. The molecule has 4 heteroatoms. The molecule has 0 radical (unpaired) electrons. The number of alkyl halides is 2. The van der Waals surface area contributed by atoms with Crippen molar-refractivity contribution in [3.05, 3.63) is 34.3 Å². The molecule has 1 aliphatic rings. The molecule has 0 N–H and O–H groups in total. The van der Waals surface area contributed by atoms with Gasteiger partial charge in [-0.15, -0.1) is 0 Å². The van der Waals surface area contributed by atoms with Crippen molar-refractivity contribution in [3.63, 3.8) is 0 Å². The van der Waals surface area contributed by atoms with Crippen LogP contribution in [0.1, 0.15) is 12.0 Å². The first-order valence-corrected chi connectivity index (χ1v) is 6.20. The zero-order chi connectivity index (χ0) is 11.6. The van der Waals surface area contributed by atoms with Gasteiger partial charge in [-0.25, -0.2) is 8.78 Å². The molecule has 1 fully saturated rings. The summed E-state index contributed by atoms with van der Waals surface area (Å²) in [5.41, 5.74) is 1.25. The van der Waals surface area contributed by atoms with Gasteiger partial charge in [-0.05, 0) is 31.0 Å². The lowest BCUT2D eigenvalue weighted by Crippen LogP contribution is -2.56. The van der Waals surface area contributed by atoms with Crippen LogP contribution in [0.5, 0.6) is 0 Å². The van der Waals surface area contributed by atoms with Gasteiger partial charge in [0.05, 0.1) is 13.1 Å². The molecule has 1 heterocycles. The Bertz CT molecular complexity index is 360. The molecule has 0 bridgehead atoms. The number of hydrogen-bond donors (Lipinski definition) is 0. The van der Waals surface area contributed by atoms with Crippen LogP contribution in [0.2, 0.25) is 0 Å². The van der Waals surface area contributed by atoms with Gasteiger partial charge >= 0.3 is 0 Å². The topological polar surface area (TPSA) is 3.24 Å². The Hall–Kier alpha value is -0.480. The highest BCUT2D eigenvalue weighted by atomic mass is 79.9. The molecule has 1 nitrogen and oxygen atoms in total. The molecular formula is C12H14BrF2N. The lowest BCUT2D eigenvalue weighted by atomic mass is 10.1. The second-order valence-electron chi connectivity index (χ2n) is 4.26. The van der Waals surface area contributed by atoms with E-state index in [-0.39, 0.29) is 13.1 Å². The summed E-state index contributed by atoms with van der Waals surface area (Å²) in [4.78, 5) is 1.80. The van der Waals surface area contributed by atoms with E-state index in [1.165, 1.54) is 5.56 Å². The van der Waals surface area contributed by atoms with Crippen LogP contribution in [-0.4, -0.2) is 30.5 Å². The van der Waals surface area contributed by atoms with Gasteiger partial charge in [-0.2, -0.15) is 0 Å². The number of hydrogen-bond acceptors (Lipinski definition) is 1. The van der Waals surface area contributed by atoms with Crippen LogP contribution in [0.4, 0.5) is 8.78 Å². The molecule has 0 spiro atoms. The van der Waals surface area contributed by atoms with Crippen molar-refractivity contribution in [3.8, 4) is 0 Å². The number of benzene rings is 1. The van der Waals surface area contributed by atoms with E-state index in [0.717, 1.165) is 23.9 Å². The van der Waals surface area contributed by atoms with E-state index in [9.17, 15) is 8.78 Å². The Morgan fingerprint density at radius 2 is 1.94 bits per heavy atom. The second kappa shape index (κ2) is 4.80. The monoisotopic (exact) mass is 289 g/mol. The van der Waals surface area contributed by atoms with Gasteiger partial charge in [0.2, 0.25) is 0 Å². The van der Waals surface area contributed by atoms with Gasteiger partial charge in [0, 0.05) is 4.47 Å². The molecule has 0 aliphatic carbocycles. The van der Waals surface area contributed by atoms with E-state index in [1.54, 1.807) is 4.90 Å². The number of rotatable bonds is 4. The van der Waals surface area contributed by atoms with Crippen LogP contribution in [0.25, 0.3) is 0 Å². The predicted molar refractivity (Wildman–Crippen MR) is 63.9 cm³/mol. The third kappa shape index (κ3) is 3.01. The summed E-state index contributed by atoms with van der Waals surface area (Å²) in [7, 11) is 0. The smallest absolute Gasteiger partial charge is 0.272 e. The second-order valence-corrected chi connectivity index (χ2v) is 5.12. The largest absolute Gasteiger partial charge is 0.291 e. The summed E-state index contributed by atoms with van der Waals surface area (Å²) in [5, 5.41) is 0. The minimum absolute atomic E-state index is 0.0665. The summed E-state index contributed by atoms with van der Waals surface area (Å²) in [6.07, 6.45) is 1.86. The van der Waals surface area contributed by atoms with E-state index in [0.29, 0.717) is 0 Å². The van der Waals surface area contributed by atoms with Gasteiger partial charge in [0.15, 0.2) is 0 Å². The summed E-state index contributed by atoms with van der Waals surface area (Å²) in [6.45, 7) is 0.628. The summed E-state index contributed by atoms with van der Waals surface area (Å²) in [6, 6.07) is 8.04. The molecule has 0 atom stereocenters. The zero-order valence-corrected chi connectivity index (χ0v) is 10.5. The molecule has 1 aromatic rings. The van der Waals surface area contributed by atoms with Crippen molar-refractivity contribution in [2.75, 3.05) is 19.6 Å². The number of nitrogens with zero attached hydrogens (tertiary/aromatic N) is 1. The van der Waals surface area contributed by atoms with Crippen LogP contribution >= 0.6 is 15.9 Å². The summed E-state index contributed by atoms with van der Waals surface area (Å²) < 4.78 is 26.2. The third-order valence-electron chi connectivity index (χ3n) is 2.79. The Kier molecular flexibility index (Phi) is 3.60. The maximum absolute atomic E-state index is 12.6. The lowest BCUT2D eigenvalue weighted by Gasteiger charge is -2.38. The molecule has 0 aromatic heterocycles. The number of halogens is 3. The Morgan fingerprint density at radius 1 is 1.25 bits per heavy atom. The SMILES string of the molecule is FC1(F)CN(CCCc2ccccc2Br)C1. The van der Waals surface area contributed by atoms with E-state index < -0.39 is 5.92 Å².